The van der Waals surface area contributed by atoms with Gasteiger partial charge in [0.25, 0.3) is 0 Å². The molecule has 3 heteroatoms. The van der Waals surface area contributed by atoms with Crippen molar-refractivity contribution in [2.75, 3.05) is 6.61 Å². The summed E-state index contributed by atoms with van der Waals surface area (Å²) in [6.07, 6.45) is 2.55. The summed E-state index contributed by atoms with van der Waals surface area (Å²) in [6, 6.07) is 8.59. The fourth-order valence-corrected chi connectivity index (χ4v) is 2.69. The number of aromatic nitrogens is 1. The molecule has 0 saturated heterocycles. The van der Waals surface area contributed by atoms with Gasteiger partial charge >= 0.3 is 0 Å². The molecule has 1 heterocycles. The Morgan fingerprint density at radius 2 is 1.83 bits per heavy atom. The van der Waals surface area contributed by atoms with Crippen LogP contribution in [0.15, 0.2) is 30.5 Å². The predicted molar refractivity (Wildman–Crippen MR) is 77.0 cm³/mol. The van der Waals surface area contributed by atoms with E-state index in [1.807, 2.05) is 6.20 Å². The van der Waals surface area contributed by atoms with Gasteiger partial charge in [0, 0.05) is 29.7 Å². The van der Waals surface area contributed by atoms with Gasteiger partial charge in [0.1, 0.15) is 5.01 Å². The van der Waals surface area contributed by atoms with Gasteiger partial charge in [0.05, 0.1) is 0 Å². The molecule has 1 aromatic heterocycles. The number of rotatable bonds is 3. The average molecular weight is 261 g/mol. The van der Waals surface area contributed by atoms with Gasteiger partial charge in [-0.1, -0.05) is 45.0 Å². The van der Waals surface area contributed by atoms with E-state index in [4.69, 9.17) is 5.11 Å². The summed E-state index contributed by atoms with van der Waals surface area (Å²) in [7, 11) is 0. The Morgan fingerprint density at radius 1 is 1.17 bits per heavy atom. The van der Waals surface area contributed by atoms with Gasteiger partial charge in [-0.25, -0.2) is 4.98 Å². The smallest absolute Gasteiger partial charge is 0.123 e. The van der Waals surface area contributed by atoms with Crippen molar-refractivity contribution in [2.45, 2.75) is 32.6 Å². The van der Waals surface area contributed by atoms with E-state index in [-0.39, 0.29) is 12.0 Å². The molecule has 1 N–H and O–H groups in total. The number of hydrogen-bond donors (Lipinski definition) is 1. The summed E-state index contributed by atoms with van der Waals surface area (Å²) in [5.74, 6) is 0. The molecule has 96 valence electrons. The third kappa shape index (κ3) is 2.98. The summed E-state index contributed by atoms with van der Waals surface area (Å²) in [5.41, 5.74) is 2.67. The van der Waals surface area contributed by atoms with E-state index >= 15 is 0 Å². The second-order valence-corrected chi connectivity index (χ2v) is 6.55. The zero-order chi connectivity index (χ0) is 13.2. The molecule has 2 nitrogen and oxygen atoms in total. The molecular weight excluding hydrogens is 242 g/mol. The lowest BCUT2D eigenvalue weighted by Gasteiger charge is -2.18. The monoisotopic (exact) mass is 261 g/mol. The maximum absolute atomic E-state index is 8.90. The lowest BCUT2D eigenvalue weighted by Crippen LogP contribution is -2.10. The van der Waals surface area contributed by atoms with Crippen molar-refractivity contribution in [1.29, 1.82) is 0 Å². The fraction of sp³-hybridized carbons (Fsp3) is 0.400. The lowest BCUT2D eigenvalue weighted by molar-refractivity contribution is 0.300. The number of benzene rings is 1. The zero-order valence-electron chi connectivity index (χ0n) is 11.1. The standard InChI is InChI=1S/C15H19NOS/c1-15(2,3)12-6-4-11(5-7-12)14-16-10-13(18-14)8-9-17/h4-7,10,17H,8-9H2,1-3H3. The molecule has 1 aromatic carbocycles. The molecule has 0 unspecified atom stereocenters. The molecule has 18 heavy (non-hydrogen) atoms. The van der Waals surface area contributed by atoms with E-state index in [0.29, 0.717) is 6.42 Å². The number of aliphatic hydroxyl groups is 1. The van der Waals surface area contributed by atoms with E-state index in [9.17, 15) is 0 Å². The quantitative estimate of drug-likeness (QED) is 0.915. The van der Waals surface area contributed by atoms with Crippen molar-refractivity contribution in [1.82, 2.24) is 4.98 Å². The average Bonchev–Trinajstić information content (AvgIpc) is 2.77. The first-order valence-corrected chi connectivity index (χ1v) is 6.99. The predicted octanol–water partition coefficient (Wildman–Crippen LogP) is 3.64. The third-order valence-electron chi connectivity index (χ3n) is 2.91. The highest BCUT2D eigenvalue weighted by Crippen LogP contribution is 2.28. The summed E-state index contributed by atoms with van der Waals surface area (Å²) in [6.45, 7) is 6.82. The number of hydrogen-bond acceptors (Lipinski definition) is 3. The normalized spacial score (nSPS) is 11.8. The van der Waals surface area contributed by atoms with Crippen LogP contribution in [0.5, 0.6) is 0 Å². The van der Waals surface area contributed by atoms with Crippen LogP contribution in [0.3, 0.4) is 0 Å². The fourth-order valence-electron chi connectivity index (χ4n) is 1.78. The summed E-state index contributed by atoms with van der Waals surface area (Å²) < 4.78 is 0. The van der Waals surface area contributed by atoms with Gasteiger partial charge in [0.2, 0.25) is 0 Å². The highest BCUT2D eigenvalue weighted by Gasteiger charge is 2.13. The van der Waals surface area contributed by atoms with Crippen LogP contribution in [0, 0.1) is 0 Å². The molecule has 0 spiro atoms. The van der Waals surface area contributed by atoms with Gasteiger partial charge < -0.3 is 5.11 Å². The first-order valence-electron chi connectivity index (χ1n) is 6.17. The summed E-state index contributed by atoms with van der Waals surface area (Å²) >= 11 is 1.65. The van der Waals surface area contributed by atoms with E-state index in [1.54, 1.807) is 11.3 Å². The number of nitrogens with zero attached hydrogens (tertiary/aromatic N) is 1. The van der Waals surface area contributed by atoms with Crippen molar-refractivity contribution in [3.8, 4) is 10.6 Å². The zero-order valence-corrected chi connectivity index (χ0v) is 11.9. The van der Waals surface area contributed by atoms with Gasteiger partial charge in [0.15, 0.2) is 0 Å². The third-order valence-corrected chi connectivity index (χ3v) is 4.02. The van der Waals surface area contributed by atoms with E-state index in [2.05, 4.69) is 50.0 Å². The summed E-state index contributed by atoms with van der Waals surface area (Å²) in [4.78, 5) is 5.54. The Balaban J connectivity index is 2.23. The Bertz CT molecular complexity index is 508. The van der Waals surface area contributed by atoms with Crippen LogP contribution < -0.4 is 0 Å². The van der Waals surface area contributed by atoms with Crippen molar-refractivity contribution < 1.29 is 5.11 Å². The van der Waals surface area contributed by atoms with Crippen molar-refractivity contribution in [2.24, 2.45) is 0 Å². The van der Waals surface area contributed by atoms with Crippen LogP contribution in [0.4, 0.5) is 0 Å². The van der Waals surface area contributed by atoms with Gasteiger partial charge in [-0.15, -0.1) is 11.3 Å². The Morgan fingerprint density at radius 3 is 2.39 bits per heavy atom. The van der Waals surface area contributed by atoms with Gasteiger partial charge in [-0.3, -0.25) is 0 Å². The molecule has 0 radical (unpaired) electrons. The molecule has 0 bridgehead atoms. The number of aliphatic hydroxyl groups excluding tert-OH is 1. The molecule has 0 saturated carbocycles. The molecule has 2 rings (SSSR count). The number of thiazole rings is 1. The summed E-state index contributed by atoms with van der Waals surface area (Å²) in [5, 5.41) is 9.93. The van der Waals surface area contributed by atoms with Crippen LogP contribution in [0.1, 0.15) is 31.2 Å². The van der Waals surface area contributed by atoms with Crippen LogP contribution in [0.2, 0.25) is 0 Å². The molecule has 0 aliphatic rings. The second-order valence-electron chi connectivity index (χ2n) is 5.43. The van der Waals surface area contributed by atoms with Crippen LogP contribution in [-0.4, -0.2) is 16.7 Å². The maximum Gasteiger partial charge on any atom is 0.123 e. The highest BCUT2D eigenvalue weighted by atomic mass is 32.1. The largest absolute Gasteiger partial charge is 0.396 e. The molecule has 0 amide bonds. The highest BCUT2D eigenvalue weighted by molar-refractivity contribution is 7.15. The Hall–Kier alpha value is -1.19. The topological polar surface area (TPSA) is 33.1 Å². The minimum Gasteiger partial charge on any atom is -0.396 e. The van der Waals surface area contributed by atoms with Gasteiger partial charge in [-0.2, -0.15) is 0 Å². The van der Waals surface area contributed by atoms with Crippen molar-refractivity contribution in [3.05, 3.63) is 40.9 Å². The Kier molecular flexibility index (Phi) is 3.83. The molecule has 2 aromatic rings. The first kappa shape index (κ1) is 13.2. The van der Waals surface area contributed by atoms with Crippen LogP contribution in [0.25, 0.3) is 10.6 Å². The second kappa shape index (κ2) is 5.21. The van der Waals surface area contributed by atoms with E-state index in [0.717, 1.165) is 15.4 Å². The molecule has 0 aliphatic heterocycles. The minimum absolute atomic E-state index is 0.184. The van der Waals surface area contributed by atoms with Crippen molar-refractivity contribution in [3.63, 3.8) is 0 Å². The molecule has 0 fully saturated rings. The molecule has 0 atom stereocenters. The lowest BCUT2D eigenvalue weighted by atomic mass is 9.87. The Labute approximate surface area is 112 Å². The van der Waals surface area contributed by atoms with Crippen LogP contribution >= 0.6 is 11.3 Å². The van der Waals surface area contributed by atoms with Crippen molar-refractivity contribution >= 4 is 11.3 Å². The van der Waals surface area contributed by atoms with E-state index < -0.39 is 0 Å². The van der Waals surface area contributed by atoms with Crippen LogP contribution in [-0.2, 0) is 11.8 Å². The maximum atomic E-state index is 8.90. The first-order chi connectivity index (χ1) is 8.50. The minimum atomic E-state index is 0.184. The molecule has 0 aliphatic carbocycles. The SMILES string of the molecule is CC(C)(C)c1ccc(-c2ncc(CCO)s2)cc1. The van der Waals surface area contributed by atoms with Gasteiger partial charge in [-0.05, 0) is 11.0 Å². The van der Waals surface area contributed by atoms with E-state index in [1.165, 1.54) is 5.56 Å². The molecular formula is C15H19NOS.